The fraction of sp³-hybridized carbons (Fsp3) is 0.294. The second-order valence-corrected chi connectivity index (χ2v) is 5.33. The molecule has 5 heteroatoms. The number of rotatable bonds is 3. The Morgan fingerprint density at radius 3 is 2.91 bits per heavy atom. The highest BCUT2D eigenvalue weighted by Crippen LogP contribution is 2.32. The maximum absolute atomic E-state index is 12.7. The van der Waals surface area contributed by atoms with Gasteiger partial charge in [0.25, 0.3) is 5.91 Å². The molecule has 5 nitrogen and oxygen atoms in total. The third-order valence-corrected chi connectivity index (χ3v) is 3.92. The molecule has 0 spiro atoms. The minimum Gasteiger partial charge on any atom is -0.424 e. The van der Waals surface area contributed by atoms with Crippen LogP contribution in [0.1, 0.15) is 35.0 Å². The molecule has 1 amide bonds. The Labute approximate surface area is 128 Å². The van der Waals surface area contributed by atoms with E-state index >= 15 is 0 Å². The summed E-state index contributed by atoms with van der Waals surface area (Å²) in [4.78, 5) is 29.0. The Balaban J connectivity index is 1.96. The van der Waals surface area contributed by atoms with E-state index in [9.17, 15) is 9.59 Å². The van der Waals surface area contributed by atoms with E-state index in [4.69, 9.17) is 4.74 Å². The van der Waals surface area contributed by atoms with Crippen LogP contribution >= 0.6 is 0 Å². The van der Waals surface area contributed by atoms with E-state index in [2.05, 4.69) is 4.98 Å². The molecule has 1 N–H and O–H groups in total. The molecule has 3 rings (SSSR count). The van der Waals surface area contributed by atoms with Crippen molar-refractivity contribution in [2.75, 3.05) is 11.4 Å². The highest BCUT2D eigenvalue weighted by Gasteiger charge is 2.29. The molecule has 0 bridgehead atoms. The van der Waals surface area contributed by atoms with Crippen molar-refractivity contribution >= 4 is 17.6 Å². The number of carbonyl (C=O) groups is 2. The van der Waals surface area contributed by atoms with Crippen LogP contribution in [0.5, 0.6) is 5.75 Å². The first-order chi connectivity index (χ1) is 10.6. The molecule has 0 fully saturated rings. The number of aromatic nitrogens is 1. The fourth-order valence-electron chi connectivity index (χ4n) is 2.72. The lowest BCUT2D eigenvalue weighted by Gasteiger charge is -2.28. The predicted molar refractivity (Wildman–Crippen MR) is 83.3 cm³/mol. The molecule has 2 heterocycles. The molecule has 114 valence electrons. The zero-order valence-electron chi connectivity index (χ0n) is 12.7. The number of fused-ring (bicyclic) bond motifs is 1. The number of hydrogen-bond donors (Lipinski definition) is 1. The normalized spacial score (nSPS) is 13.9. The number of nitrogens with zero attached hydrogens (tertiary/aromatic N) is 1. The number of aromatic amines is 1. The first-order valence-corrected chi connectivity index (χ1v) is 7.40. The van der Waals surface area contributed by atoms with E-state index in [-0.39, 0.29) is 11.9 Å². The van der Waals surface area contributed by atoms with Gasteiger partial charge < -0.3 is 14.6 Å². The molecule has 0 unspecified atom stereocenters. The van der Waals surface area contributed by atoms with Crippen molar-refractivity contribution in [2.45, 2.75) is 26.7 Å². The van der Waals surface area contributed by atoms with E-state index in [1.807, 2.05) is 19.2 Å². The van der Waals surface area contributed by atoms with Crippen LogP contribution in [-0.2, 0) is 11.2 Å². The topological polar surface area (TPSA) is 62.4 Å². The van der Waals surface area contributed by atoms with Gasteiger partial charge in [-0.25, -0.2) is 0 Å². The Kier molecular flexibility index (Phi) is 3.71. The molecular weight excluding hydrogens is 280 g/mol. The van der Waals surface area contributed by atoms with Gasteiger partial charge in [0, 0.05) is 19.2 Å². The number of para-hydroxylation sites is 2. The molecule has 0 saturated carbocycles. The summed E-state index contributed by atoms with van der Waals surface area (Å²) < 4.78 is 5.35. The second-order valence-electron chi connectivity index (χ2n) is 5.33. The molecule has 0 radical (unpaired) electrons. The van der Waals surface area contributed by atoms with Gasteiger partial charge in [-0.15, -0.1) is 0 Å². The smallest absolute Gasteiger partial charge is 0.310 e. The maximum Gasteiger partial charge on any atom is 0.310 e. The first-order valence-electron chi connectivity index (χ1n) is 7.40. The summed E-state index contributed by atoms with van der Waals surface area (Å²) in [6.07, 6.45) is 2.93. The highest BCUT2D eigenvalue weighted by atomic mass is 16.5. The van der Waals surface area contributed by atoms with Gasteiger partial charge in [-0.05, 0) is 36.6 Å². The van der Waals surface area contributed by atoms with Gasteiger partial charge in [0.2, 0.25) is 0 Å². The van der Waals surface area contributed by atoms with Crippen molar-refractivity contribution in [3.05, 3.63) is 47.3 Å². The molecule has 0 aliphatic carbocycles. The zero-order chi connectivity index (χ0) is 15.7. The van der Waals surface area contributed by atoms with Crippen LogP contribution in [0.25, 0.3) is 0 Å². The lowest BCUT2D eigenvalue weighted by molar-refractivity contribution is -0.133. The van der Waals surface area contributed by atoms with E-state index in [1.54, 1.807) is 30.0 Å². The Morgan fingerprint density at radius 2 is 2.14 bits per heavy atom. The lowest BCUT2D eigenvalue weighted by Crippen LogP contribution is -2.38. The number of amides is 1. The summed E-state index contributed by atoms with van der Waals surface area (Å²) in [6, 6.07) is 7.14. The molecule has 1 aliphatic heterocycles. The first kappa shape index (κ1) is 14.4. The summed E-state index contributed by atoms with van der Waals surface area (Å²) >= 11 is 0. The second kappa shape index (κ2) is 5.67. The molecule has 1 aliphatic rings. The van der Waals surface area contributed by atoms with Gasteiger partial charge in [-0.2, -0.15) is 0 Å². The van der Waals surface area contributed by atoms with Crippen molar-refractivity contribution < 1.29 is 14.3 Å². The summed E-state index contributed by atoms with van der Waals surface area (Å²) in [5, 5.41) is 0. The van der Waals surface area contributed by atoms with Gasteiger partial charge in [-0.3, -0.25) is 9.59 Å². The third kappa shape index (κ3) is 2.39. The van der Waals surface area contributed by atoms with E-state index in [0.29, 0.717) is 30.1 Å². The van der Waals surface area contributed by atoms with Crippen molar-refractivity contribution in [3.8, 4) is 5.75 Å². The quantitative estimate of drug-likeness (QED) is 0.700. The summed E-state index contributed by atoms with van der Waals surface area (Å²) in [6.45, 7) is 4.31. The van der Waals surface area contributed by atoms with Gasteiger partial charge in [0.15, 0.2) is 5.75 Å². The number of aryl methyl sites for hydroxylation is 1. The van der Waals surface area contributed by atoms with Crippen molar-refractivity contribution in [1.82, 2.24) is 4.98 Å². The zero-order valence-corrected chi connectivity index (χ0v) is 12.7. The summed E-state index contributed by atoms with van der Waals surface area (Å²) in [7, 11) is 0. The molecular formula is C17H18N2O3. The lowest BCUT2D eigenvalue weighted by atomic mass is 10.0. The van der Waals surface area contributed by atoms with E-state index in [1.165, 1.54) is 0 Å². The Hall–Kier alpha value is -2.56. The minimum absolute atomic E-state index is 0.0886. The highest BCUT2D eigenvalue weighted by molar-refractivity contribution is 6.08. The summed E-state index contributed by atoms with van der Waals surface area (Å²) in [5.74, 6) is 0.0251. The predicted octanol–water partition coefficient (Wildman–Crippen LogP) is 2.84. The van der Waals surface area contributed by atoms with E-state index < -0.39 is 0 Å². The van der Waals surface area contributed by atoms with Crippen LogP contribution in [0.3, 0.4) is 0 Å². The monoisotopic (exact) mass is 298 g/mol. The number of esters is 1. The van der Waals surface area contributed by atoms with Gasteiger partial charge in [-0.1, -0.05) is 19.1 Å². The Bertz CT molecular complexity index is 733. The average molecular weight is 298 g/mol. The van der Waals surface area contributed by atoms with Crippen LogP contribution in [0.2, 0.25) is 0 Å². The average Bonchev–Trinajstić information content (AvgIpc) is 2.91. The number of anilines is 1. The van der Waals surface area contributed by atoms with Crippen LogP contribution in [0.15, 0.2) is 30.5 Å². The molecule has 0 saturated heterocycles. The fourth-order valence-corrected chi connectivity index (χ4v) is 2.72. The van der Waals surface area contributed by atoms with Crippen molar-refractivity contribution in [3.63, 3.8) is 0 Å². The van der Waals surface area contributed by atoms with Crippen LogP contribution in [-0.4, -0.2) is 23.4 Å². The number of hydrogen-bond acceptors (Lipinski definition) is 3. The largest absolute Gasteiger partial charge is 0.424 e. The van der Waals surface area contributed by atoms with Gasteiger partial charge in [0.1, 0.15) is 5.69 Å². The van der Waals surface area contributed by atoms with Gasteiger partial charge in [0.05, 0.1) is 5.69 Å². The number of nitrogens with one attached hydrogen (secondary N) is 1. The summed E-state index contributed by atoms with van der Waals surface area (Å²) in [5.41, 5.74) is 3.44. The molecule has 1 aromatic carbocycles. The van der Waals surface area contributed by atoms with Crippen LogP contribution in [0.4, 0.5) is 5.69 Å². The molecule has 0 atom stereocenters. The third-order valence-electron chi connectivity index (χ3n) is 3.92. The molecule has 2 aromatic rings. The molecule has 1 aromatic heterocycles. The maximum atomic E-state index is 12.7. The van der Waals surface area contributed by atoms with E-state index in [0.717, 1.165) is 17.5 Å². The number of H-pyrrole nitrogens is 1. The number of benzene rings is 1. The number of carbonyl (C=O) groups excluding carboxylic acids is 2. The Morgan fingerprint density at radius 1 is 1.36 bits per heavy atom. The minimum atomic E-state index is -0.312. The van der Waals surface area contributed by atoms with Crippen LogP contribution in [0, 0.1) is 6.92 Å². The molecule has 22 heavy (non-hydrogen) atoms. The number of ether oxygens (including phenoxy) is 1. The van der Waals surface area contributed by atoms with Crippen molar-refractivity contribution in [1.29, 1.82) is 0 Å². The standard InChI is InChI=1S/C17H18N2O3/c1-3-15(20)22-14-7-5-4-6-13(14)19-9-8-12-11(2)10-18-16(12)17(19)21/h4-7,10,18H,3,8-9H2,1-2H3. The SMILES string of the molecule is CCC(=O)Oc1ccccc1N1CCc2c(C)c[nH]c2C1=O. The van der Waals surface area contributed by atoms with Crippen LogP contribution < -0.4 is 9.64 Å². The van der Waals surface area contributed by atoms with Gasteiger partial charge >= 0.3 is 5.97 Å². The van der Waals surface area contributed by atoms with Crippen molar-refractivity contribution in [2.24, 2.45) is 0 Å².